The molecule has 0 saturated heterocycles. The van der Waals surface area contributed by atoms with Gasteiger partial charge in [0.05, 0.1) is 5.92 Å². The molecule has 0 unspecified atom stereocenters. The average molecular weight is 446 g/mol. The van der Waals surface area contributed by atoms with Crippen LogP contribution < -0.4 is 5.32 Å². The van der Waals surface area contributed by atoms with Crippen LogP contribution in [-0.2, 0) is 4.79 Å². The third-order valence-electron chi connectivity index (χ3n) is 6.66. The van der Waals surface area contributed by atoms with Gasteiger partial charge in [-0.05, 0) is 52.3 Å². The second-order valence-corrected chi connectivity index (χ2v) is 9.48. The number of hydrogen-bond acceptors (Lipinski definition) is 1. The highest BCUT2D eigenvalue weighted by Gasteiger charge is 2.53. The fourth-order valence-corrected chi connectivity index (χ4v) is 6.04. The molecule has 0 aromatic heterocycles. The summed E-state index contributed by atoms with van der Waals surface area (Å²) in [7, 11) is 0. The number of hydrogen-bond donors (Lipinski definition) is 1. The summed E-state index contributed by atoms with van der Waals surface area (Å²) in [6, 6.07) is 25.3. The lowest BCUT2D eigenvalue weighted by atomic mass is 9.52. The number of nitrogens with one attached hydrogen (secondary N) is 1. The highest BCUT2D eigenvalue weighted by Crippen LogP contribution is 2.60. The molecule has 29 heavy (non-hydrogen) atoms. The Balaban J connectivity index is 1.64. The van der Waals surface area contributed by atoms with Crippen molar-refractivity contribution in [2.24, 2.45) is 17.8 Å². The van der Waals surface area contributed by atoms with Crippen molar-refractivity contribution in [3.05, 3.63) is 99.5 Å². The standard InChI is InChI=1S/C26H24BrNO/c1-15(2)22-23-18-10-3-5-12-20(18)24(21-13-6-4-11-19(21)23)25(22)26(29)28-17-9-7-8-16(27)14-17/h3-15,22-25H,1-2H3,(H,28,29)/t22-,23?,24?,25+/m0/s1. The molecule has 3 aromatic carbocycles. The van der Waals surface area contributed by atoms with Crippen LogP contribution in [0, 0.1) is 17.8 Å². The number of benzene rings is 3. The molecule has 0 spiro atoms. The van der Waals surface area contributed by atoms with E-state index in [1.807, 2.05) is 24.3 Å². The second-order valence-electron chi connectivity index (χ2n) is 8.56. The lowest BCUT2D eigenvalue weighted by molar-refractivity contribution is -0.123. The summed E-state index contributed by atoms with van der Waals surface area (Å²) in [5.41, 5.74) is 6.29. The van der Waals surface area contributed by atoms with Crippen LogP contribution >= 0.6 is 15.9 Å². The van der Waals surface area contributed by atoms with Gasteiger partial charge in [0, 0.05) is 22.0 Å². The normalized spacial score (nSPS) is 24.1. The SMILES string of the molecule is CC(C)[C@H]1C2c3ccccc3C(c3ccccc32)[C@@H]1C(=O)Nc1cccc(Br)c1. The smallest absolute Gasteiger partial charge is 0.228 e. The number of rotatable bonds is 3. The fraction of sp³-hybridized carbons (Fsp3) is 0.269. The van der Waals surface area contributed by atoms with Crippen molar-refractivity contribution in [2.45, 2.75) is 25.7 Å². The van der Waals surface area contributed by atoms with Gasteiger partial charge in [-0.3, -0.25) is 4.79 Å². The molecule has 2 nitrogen and oxygen atoms in total. The van der Waals surface area contributed by atoms with Gasteiger partial charge in [0.25, 0.3) is 0 Å². The first-order valence-corrected chi connectivity index (χ1v) is 11.1. The molecule has 3 aromatic rings. The summed E-state index contributed by atoms with van der Waals surface area (Å²) >= 11 is 3.51. The van der Waals surface area contributed by atoms with Crippen molar-refractivity contribution in [1.82, 2.24) is 0 Å². The molecule has 6 rings (SSSR count). The maximum absolute atomic E-state index is 13.7. The molecule has 0 aliphatic heterocycles. The molecule has 0 saturated carbocycles. The Bertz CT molecular complexity index is 1040. The quantitative estimate of drug-likeness (QED) is 0.485. The van der Waals surface area contributed by atoms with E-state index in [-0.39, 0.29) is 29.6 Å². The molecule has 3 heteroatoms. The van der Waals surface area contributed by atoms with Crippen LogP contribution in [0.15, 0.2) is 77.3 Å². The lowest BCUT2D eigenvalue weighted by Crippen LogP contribution is -2.47. The van der Waals surface area contributed by atoms with Gasteiger partial charge in [-0.25, -0.2) is 0 Å². The number of anilines is 1. The number of amides is 1. The molecule has 146 valence electrons. The van der Waals surface area contributed by atoms with Crippen molar-refractivity contribution in [3.63, 3.8) is 0 Å². The third-order valence-corrected chi connectivity index (χ3v) is 7.15. The van der Waals surface area contributed by atoms with Crippen LogP contribution in [0.1, 0.15) is 47.9 Å². The van der Waals surface area contributed by atoms with Gasteiger partial charge in [0.1, 0.15) is 0 Å². The van der Waals surface area contributed by atoms with Gasteiger partial charge in [0.2, 0.25) is 5.91 Å². The molecular weight excluding hydrogens is 422 g/mol. The minimum atomic E-state index is -0.0798. The predicted octanol–water partition coefficient (Wildman–Crippen LogP) is 6.57. The van der Waals surface area contributed by atoms with E-state index in [0.29, 0.717) is 5.92 Å². The zero-order chi connectivity index (χ0) is 20.1. The Morgan fingerprint density at radius 1 is 0.828 bits per heavy atom. The van der Waals surface area contributed by atoms with Crippen LogP contribution in [0.5, 0.6) is 0 Å². The van der Waals surface area contributed by atoms with Crippen molar-refractivity contribution in [2.75, 3.05) is 5.32 Å². The molecule has 0 radical (unpaired) electrons. The fourth-order valence-electron chi connectivity index (χ4n) is 5.64. The lowest BCUT2D eigenvalue weighted by Gasteiger charge is -2.51. The second kappa shape index (κ2) is 7.14. The van der Waals surface area contributed by atoms with Crippen LogP contribution in [-0.4, -0.2) is 5.91 Å². The molecule has 1 N–H and O–H groups in total. The maximum Gasteiger partial charge on any atom is 0.228 e. The Hall–Kier alpha value is -2.39. The number of carbonyl (C=O) groups is 1. The van der Waals surface area contributed by atoms with E-state index in [1.165, 1.54) is 22.3 Å². The molecule has 3 aliphatic carbocycles. The van der Waals surface area contributed by atoms with Gasteiger partial charge in [-0.2, -0.15) is 0 Å². The van der Waals surface area contributed by atoms with E-state index in [0.717, 1.165) is 10.2 Å². The summed E-state index contributed by atoms with van der Waals surface area (Å²) in [5, 5.41) is 3.21. The van der Waals surface area contributed by atoms with Gasteiger partial charge >= 0.3 is 0 Å². The maximum atomic E-state index is 13.7. The van der Waals surface area contributed by atoms with E-state index < -0.39 is 0 Å². The third kappa shape index (κ3) is 2.95. The first-order chi connectivity index (χ1) is 14.1. The van der Waals surface area contributed by atoms with Crippen molar-refractivity contribution >= 4 is 27.5 Å². The van der Waals surface area contributed by atoms with Crippen LogP contribution in [0.4, 0.5) is 5.69 Å². The zero-order valence-electron chi connectivity index (χ0n) is 16.6. The summed E-state index contributed by atoms with van der Waals surface area (Å²) in [4.78, 5) is 13.7. The average Bonchev–Trinajstić information content (AvgIpc) is 2.73. The van der Waals surface area contributed by atoms with Crippen molar-refractivity contribution in [1.29, 1.82) is 0 Å². The van der Waals surface area contributed by atoms with Crippen LogP contribution in [0.2, 0.25) is 0 Å². The summed E-state index contributed by atoms with van der Waals surface area (Å²) < 4.78 is 0.969. The highest BCUT2D eigenvalue weighted by molar-refractivity contribution is 9.10. The minimum absolute atomic E-state index is 0.0798. The van der Waals surface area contributed by atoms with Gasteiger partial charge in [-0.1, -0.05) is 84.4 Å². The molecule has 3 aliphatic rings. The van der Waals surface area contributed by atoms with E-state index in [4.69, 9.17) is 0 Å². The molecular formula is C26H24BrNO. The van der Waals surface area contributed by atoms with Crippen molar-refractivity contribution < 1.29 is 4.79 Å². The summed E-state index contributed by atoms with van der Waals surface area (Å²) in [6.45, 7) is 4.52. The predicted molar refractivity (Wildman–Crippen MR) is 121 cm³/mol. The summed E-state index contributed by atoms with van der Waals surface area (Å²) in [6.07, 6.45) is 0. The highest BCUT2D eigenvalue weighted by atomic mass is 79.9. The Kier molecular flexibility index (Phi) is 4.59. The number of fused-ring (bicyclic) bond motifs is 1. The van der Waals surface area contributed by atoms with E-state index in [1.54, 1.807) is 0 Å². The number of carbonyl (C=O) groups excluding carboxylic acids is 1. The first-order valence-electron chi connectivity index (χ1n) is 10.3. The molecule has 2 atom stereocenters. The molecule has 2 bridgehead atoms. The number of halogens is 1. The molecule has 0 heterocycles. The van der Waals surface area contributed by atoms with Crippen LogP contribution in [0.3, 0.4) is 0 Å². The van der Waals surface area contributed by atoms with E-state index in [2.05, 4.69) is 83.6 Å². The monoisotopic (exact) mass is 445 g/mol. The zero-order valence-corrected chi connectivity index (χ0v) is 18.2. The van der Waals surface area contributed by atoms with Gasteiger partial charge in [0.15, 0.2) is 0 Å². The van der Waals surface area contributed by atoms with E-state index >= 15 is 0 Å². The van der Waals surface area contributed by atoms with Gasteiger partial charge < -0.3 is 5.32 Å². The Labute approximate surface area is 180 Å². The van der Waals surface area contributed by atoms with Crippen LogP contribution in [0.25, 0.3) is 0 Å². The molecule has 1 amide bonds. The largest absolute Gasteiger partial charge is 0.326 e. The van der Waals surface area contributed by atoms with Crippen molar-refractivity contribution in [3.8, 4) is 0 Å². The molecule has 0 fully saturated rings. The van der Waals surface area contributed by atoms with E-state index in [9.17, 15) is 4.79 Å². The topological polar surface area (TPSA) is 29.1 Å². The van der Waals surface area contributed by atoms with Gasteiger partial charge in [-0.15, -0.1) is 0 Å². The minimum Gasteiger partial charge on any atom is -0.326 e. The Morgan fingerprint density at radius 3 is 1.90 bits per heavy atom. The Morgan fingerprint density at radius 2 is 1.38 bits per heavy atom. The summed E-state index contributed by atoms with van der Waals surface area (Å²) in [5.74, 6) is 1.10. The first kappa shape index (κ1) is 18.6.